The molecule has 478 valence electrons. The van der Waals surface area contributed by atoms with Crippen molar-refractivity contribution in [1.29, 1.82) is 0 Å². The van der Waals surface area contributed by atoms with E-state index in [9.17, 15) is 54.3 Å². The maximum atomic E-state index is 13.1. The second kappa shape index (κ2) is 27.5. The molecule has 8 rings (SSSR count). The average Bonchev–Trinajstić information content (AvgIpc) is 1.54. The number of primary amides is 2. The van der Waals surface area contributed by atoms with Crippen molar-refractivity contribution in [3.8, 4) is 34.5 Å². The van der Waals surface area contributed by atoms with Crippen molar-refractivity contribution in [2.75, 3.05) is 32.0 Å². The van der Waals surface area contributed by atoms with Crippen molar-refractivity contribution in [3.05, 3.63) is 138 Å². The summed E-state index contributed by atoms with van der Waals surface area (Å²) < 4.78 is 61.2. The maximum absolute atomic E-state index is 13.1. The summed E-state index contributed by atoms with van der Waals surface area (Å²) >= 11 is 0. The number of carbonyl (C=O) groups excluding carboxylic acids is 4. The van der Waals surface area contributed by atoms with E-state index in [4.69, 9.17) is 62.9 Å². The molecule has 8 atom stereocenters. The monoisotopic (exact) mass is 1240 g/mol. The van der Waals surface area contributed by atoms with Crippen LogP contribution in [0.4, 0.5) is 21.0 Å². The molecule has 0 unspecified atom stereocenters. The number of nitrogens with one attached hydrogen (secondary N) is 2. The summed E-state index contributed by atoms with van der Waals surface area (Å²) in [4.78, 5) is 75.2. The van der Waals surface area contributed by atoms with E-state index in [1.807, 2.05) is 39.8 Å². The Morgan fingerprint density at radius 1 is 0.584 bits per heavy atom. The molecule has 0 aliphatic carbocycles. The SMILES string of the molecule is CO[C@@H]1[C@@H](OC(N)=O)[C@@H](O)[C@H](Oc2ccc3c(O)c(NC(=O)c4ccc(O)c(CC=C(C)C)c4)c(=O)oc3c2C)OC1(C)C.COc1ccc(C(=O)Nc2c(O)c3ccc(O[C@@H]4OC(C)(C)[C@H](OC)[C@@H](OC(N)=O)[C@H]4O)c(C)c3oc2=O)cc1CC=C(C)C. The number of aromatic hydroxyl groups is 3. The Morgan fingerprint density at radius 3 is 1.35 bits per heavy atom. The lowest BCUT2D eigenvalue weighted by molar-refractivity contribution is -0.304. The largest absolute Gasteiger partial charge is 0.508 e. The van der Waals surface area contributed by atoms with Crippen molar-refractivity contribution in [3.63, 3.8) is 0 Å². The third-order valence-electron chi connectivity index (χ3n) is 14.9. The molecule has 89 heavy (non-hydrogen) atoms. The number of hydrogen-bond acceptors (Lipinski definition) is 22. The fraction of sp³-hybridized carbons (Fsp3) is 0.397. The standard InChI is InChI=1S/C32H38N2O11.C31H36N2O11/c1-15(2)8-9-17-14-18(10-12-21(17)40-6)28(37)34-22-23(35)19-11-13-20(16(3)25(19)43-29(22)38)42-30-24(36)26(44-31(33)39)27(41-7)32(4,5)45-30;1-14(2)7-8-16-13-17(9-11-19(16)34)27(37)33-21-22(35)18-10-12-20(15(3)24(18)42-28(21)38)41-29-23(36)25(43-30(32)39)26(40-6)31(4,5)44-29/h8,10-14,24,26-27,30,35-36H,9H2,1-7H3,(H2,33,39)(H,34,37);7,9-13,23,25-26,29,34-36H,8H2,1-6H3,(H2,32,39)(H,33,37)/t24-,26+,27-,30-;23-,25+,26-,29-/m11/s1. The van der Waals surface area contributed by atoms with E-state index in [1.165, 1.54) is 63.8 Å². The van der Waals surface area contributed by atoms with Gasteiger partial charge in [0.1, 0.15) is 46.4 Å². The van der Waals surface area contributed by atoms with Crippen LogP contribution in [0.25, 0.3) is 21.9 Å². The number of benzene rings is 4. The van der Waals surface area contributed by atoms with Gasteiger partial charge in [0.05, 0.1) is 29.1 Å². The number of aryl methyl sites for hydroxylation is 2. The number of fused-ring (bicyclic) bond motifs is 2. The molecule has 11 N–H and O–H groups in total. The van der Waals surface area contributed by atoms with E-state index < -0.39 is 119 Å². The van der Waals surface area contributed by atoms with E-state index in [0.717, 1.165) is 16.7 Å². The van der Waals surface area contributed by atoms with Crippen LogP contribution in [0, 0.1) is 13.8 Å². The zero-order valence-electron chi connectivity index (χ0n) is 51.3. The molecule has 2 saturated heterocycles. The number of amides is 4. The van der Waals surface area contributed by atoms with Gasteiger partial charge >= 0.3 is 23.4 Å². The Hall–Kier alpha value is -9.18. The van der Waals surface area contributed by atoms with Gasteiger partial charge in [0.2, 0.25) is 12.6 Å². The van der Waals surface area contributed by atoms with Crippen LogP contribution < -0.4 is 47.6 Å². The second-order valence-corrected chi connectivity index (χ2v) is 22.6. The highest BCUT2D eigenvalue weighted by Crippen LogP contribution is 2.41. The first-order chi connectivity index (χ1) is 41.8. The minimum absolute atomic E-state index is 0.0183. The molecule has 0 radical (unpaired) electrons. The summed E-state index contributed by atoms with van der Waals surface area (Å²) in [6.07, 6.45) is -7.34. The van der Waals surface area contributed by atoms with Crippen LogP contribution in [0.3, 0.4) is 0 Å². The van der Waals surface area contributed by atoms with Gasteiger partial charge in [-0.05, 0) is 154 Å². The predicted molar refractivity (Wildman–Crippen MR) is 323 cm³/mol. The molecule has 2 aliphatic rings. The molecule has 0 saturated carbocycles. The van der Waals surface area contributed by atoms with E-state index in [2.05, 4.69) is 10.6 Å². The highest BCUT2D eigenvalue weighted by atomic mass is 16.7. The Bertz CT molecular complexity index is 3860. The predicted octanol–water partition coefficient (Wildman–Crippen LogP) is 7.56. The number of anilines is 2. The van der Waals surface area contributed by atoms with Gasteiger partial charge in [0.15, 0.2) is 47.3 Å². The first-order valence-electron chi connectivity index (χ1n) is 27.8. The fourth-order valence-corrected chi connectivity index (χ4v) is 10.3. The number of hydrogen-bond donors (Lipinski definition) is 9. The van der Waals surface area contributed by atoms with Gasteiger partial charge < -0.3 is 99.1 Å². The molecule has 6 aromatic rings. The number of aliphatic hydroxyl groups is 2. The molecule has 26 heteroatoms. The number of aliphatic hydroxyl groups excluding tert-OH is 2. The van der Waals surface area contributed by atoms with Gasteiger partial charge in [-0.1, -0.05) is 23.3 Å². The van der Waals surface area contributed by atoms with E-state index in [-0.39, 0.29) is 61.4 Å². The van der Waals surface area contributed by atoms with Crippen molar-refractivity contribution >= 4 is 57.3 Å². The molecule has 4 aromatic carbocycles. The molecule has 4 amide bonds. The van der Waals surface area contributed by atoms with Crippen LogP contribution in [0.1, 0.15) is 98.4 Å². The third-order valence-corrected chi connectivity index (χ3v) is 14.9. The summed E-state index contributed by atoms with van der Waals surface area (Å²) in [6, 6.07) is 14.9. The Balaban J connectivity index is 0.000000254. The summed E-state index contributed by atoms with van der Waals surface area (Å²) in [5, 5.41) is 59.2. The zero-order valence-corrected chi connectivity index (χ0v) is 51.3. The minimum Gasteiger partial charge on any atom is -0.508 e. The number of ether oxygens (including phenoxy) is 9. The van der Waals surface area contributed by atoms with Crippen LogP contribution in [0.2, 0.25) is 0 Å². The van der Waals surface area contributed by atoms with E-state index >= 15 is 0 Å². The van der Waals surface area contributed by atoms with Gasteiger partial charge in [-0.25, -0.2) is 19.2 Å². The lowest BCUT2D eigenvalue weighted by Crippen LogP contribution is -2.65. The number of phenolic OH excluding ortho intramolecular Hbond substituents is 1. The van der Waals surface area contributed by atoms with Gasteiger partial charge in [-0.2, -0.15) is 0 Å². The molecule has 4 heterocycles. The molecule has 0 spiro atoms. The van der Waals surface area contributed by atoms with Crippen molar-refractivity contribution in [1.82, 2.24) is 0 Å². The smallest absolute Gasteiger partial charge is 0.404 e. The highest BCUT2D eigenvalue weighted by molar-refractivity contribution is 6.08. The second-order valence-electron chi connectivity index (χ2n) is 22.6. The average molecular weight is 1240 g/mol. The molecule has 0 bridgehead atoms. The third kappa shape index (κ3) is 14.9. The molecule has 2 aromatic heterocycles. The molecule has 2 aliphatic heterocycles. The van der Waals surface area contributed by atoms with Crippen LogP contribution >= 0.6 is 0 Å². The van der Waals surface area contributed by atoms with Crippen LogP contribution in [-0.4, -0.2) is 131 Å². The zero-order chi connectivity index (χ0) is 65.7. The van der Waals surface area contributed by atoms with Gasteiger partial charge in [0.25, 0.3) is 11.8 Å². The Labute approximate surface area is 510 Å². The molecular formula is C63H74N4O22. The summed E-state index contributed by atoms with van der Waals surface area (Å²) in [7, 11) is 4.28. The van der Waals surface area contributed by atoms with Crippen molar-refractivity contribution in [2.45, 2.75) is 142 Å². The number of rotatable bonds is 17. The first-order valence-corrected chi connectivity index (χ1v) is 27.8. The number of allylic oxidation sites excluding steroid dienone is 4. The highest BCUT2D eigenvalue weighted by Gasteiger charge is 2.54. The fourth-order valence-electron chi connectivity index (χ4n) is 10.3. The number of nitrogens with two attached hydrogens (primary N) is 2. The lowest BCUT2D eigenvalue weighted by Gasteiger charge is -2.47. The molecular weight excluding hydrogens is 1160 g/mol. The summed E-state index contributed by atoms with van der Waals surface area (Å²) in [6.45, 7) is 17.5. The van der Waals surface area contributed by atoms with Crippen LogP contribution in [0.5, 0.6) is 34.5 Å². The van der Waals surface area contributed by atoms with Gasteiger partial charge in [-0.3, -0.25) is 9.59 Å². The summed E-state index contributed by atoms with van der Waals surface area (Å²) in [5.41, 5.74) is 9.60. The van der Waals surface area contributed by atoms with Crippen LogP contribution in [-0.2, 0) is 41.3 Å². The maximum Gasteiger partial charge on any atom is 0.404 e. The first kappa shape index (κ1) is 67.3. The molecule has 2 fully saturated rings. The van der Waals surface area contributed by atoms with Gasteiger partial charge in [0, 0.05) is 36.5 Å². The summed E-state index contributed by atoms with van der Waals surface area (Å²) in [5.74, 6) is -1.49. The number of phenols is 1. The van der Waals surface area contributed by atoms with Crippen LogP contribution in [0.15, 0.2) is 102 Å². The van der Waals surface area contributed by atoms with Crippen molar-refractivity contribution in [2.24, 2.45) is 11.5 Å². The van der Waals surface area contributed by atoms with E-state index in [0.29, 0.717) is 24.2 Å². The quantitative estimate of drug-likeness (QED) is 0.0314. The minimum atomic E-state index is -1.52. The van der Waals surface area contributed by atoms with Crippen molar-refractivity contribution < 1.29 is 96.2 Å². The topological polar surface area (TPSA) is 389 Å². The number of methoxy groups -OCH3 is 3. The molecule has 26 nitrogen and oxygen atoms in total. The Morgan fingerprint density at radius 2 is 0.966 bits per heavy atom. The number of carbonyl (C=O) groups is 4. The Kier molecular flexibility index (Phi) is 20.8. The normalized spacial score (nSPS) is 20.8. The van der Waals surface area contributed by atoms with Gasteiger partial charge in [-0.15, -0.1) is 0 Å². The lowest BCUT2D eigenvalue weighted by atomic mass is 9.89. The van der Waals surface area contributed by atoms with E-state index in [1.54, 1.807) is 59.7 Å².